The van der Waals surface area contributed by atoms with Gasteiger partial charge in [-0.3, -0.25) is 76.7 Å². The number of nitrogens with one attached hydrogen (secondary N) is 12. The summed E-state index contributed by atoms with van der Waals surface area (Å²) < 4.78 is 30.2. The van der Waals surface area contributed by atoms with E-state index >= 15 is 0 Å². The first-order valence-corrected chi connectivity index (χ1v) is 40.1. The molecule has 0 saturated heterocycles. The Labute approximate surface area is 699 Å². The number of aromatic nitrogens is 12. The molecule has 0 aliphatic rings. The molecule has 0 bridgehead atoms. The number of aryl methyl sites for hydroxylation is 4. The first-order chi connectivity index (χ1) is 57.8. The lowest BCUT2D eigenvalue weighted by Gasteiger charge is -2.33. The molecule has 0 fully saturated rings. The van der Waals surface area contributed by atoms with Crippen molar-refractivity contribution in [3.63, 3.8) is 0 Å². The highest BCUT2D eigenvalue weighted by atomic mass is 16.5. The Kier molecular flexibility index (Phi) is 48.5. The standard InChI is InChI=1S/C73H120N28O20/c1-49(102)86-57(69(74)114)13-5-9-29-78-61(106)21-17-53-37-98(94-90-53)45-82-65(110)25-33-118-41-73(42-119-34-26-66(111)83-46-99-38-54(91-95-99)18-22-62(107)79-30-10-6-14-58(70(75)115)87-50(2)103,43-120-35-27-67(112)84-47-100-39-55(92-96-100)19-23-63(108)80-31-11-7-15-59(71(76)116)88-51(3)104)44-121-36-28-68(113)85-48-101-40-56(93-97-101)20-24-64(109)81-32-12-8-16-60(72(77)117)89-52(4)105/h37-40,57-60H,5-36,41-48H2,1-4H3,(H2,74,114)(H2,75,115)(H2,76,116)(H2,77,117)(H,78,106)(H,79,107)(H,80,108)(H,81,109)(H,82,110)(H,83,111)(H,84,112)(H,85,113)(H,86,102)(H,87,103)(H,88,104)(H,89,105)/t57-,58-,59-,60-/m0/s1. The van der Waals surface area contributed by atoms with Crippen molar-refractivity contribution in [1.82, 2.24) is 124 Å². The quantitative estimate of drug-likeness (QED) is 0.0183. The number of nitrogens with zero attached hydrogens (tertiary/aromatic N) is 12. The van der Waals surface area contributed by atoms with Crippen LogP contribution >= 0.6 is 0 Å². The third-order valence-corrected chi connectivity index (χ3v) is 17.9. The van der Waals surface area contributed by atoms with Gasteiger partial charge in [-0.1, -0.05) is 20.9 Å². The van der Waals surface area contributed by atoms with Crippen molar-refractivity contribution in [2.75, 3.05) is 79.0 Å². The Hall–Kier alpha value is -12.1. The van der Waals surface area contributed by atoms with Gasteiger partial charge < -0.3 is 106 Å². The highest BCUT2D eigenvalue weighted by Gasteiger charge is 2.34. The van der Waals surface area contributed by atoms with E-state index in [0.717, 1.165) is 0 Å². The molecule has 4 heterocycles. The van der Waals surface area contributed by atoms with Gasteiger partial charge in [0.15, 0.2) is 0 Å². The summed E-state index contributed by atoms with van der Waals surface area (Å²) in [4.78, 5) is 196. The third kappa shape index (κ3) is 47.3. The molecule has 0 radical (unpaired) electrons. The maximum absolute atomic E-state index is 13.3. The minimum atomic E-state index is -1.24. The summed E-state index contributed by atoms with van der Waals surface area (Å²) in [6.45, 7) is 4.77. The Balaban J connectivity index is 1.39. The van der Waals surface area contributed by atoms with E-state index in [4.69, 9.17) is 41.9 Å². The summed E-state index contributed by atoms with van der Waals surface area (Å²) >= 11 is 0. The highest BCUT2D eigenvalue weighted by molar-refractivity contribution is 5.88. The molecule has 0 aliphatic carbocycles. The SMILES string of the molecule is CC(=O)N[C@@H](CCCCNC(=O)CCc1cn(CNC(=O)CCOCC(COCCC(=O)NCn2cc(CCC(=O)NCCCC[C@H](NC(C)=O)C(N)=O)nn2)(COCCC(=O)NCn2cc(CCC(=O)NCCCC[C@H](NC(C)=O)C(N)=O)nn2)COCCC(=O)NCn2cc(CCC(=O)NCCCC[C@H](NC(C)=O)C(N)=O)nn2)nn1)C(N)=O. The molecule has 0 aliphatic heterocycles. The molecular weight excluding hydrogens is 1590 g/mol. The molecular formula is C73H120N28O20. The fraction of sp³-hybridized carbons (Fsp3) is 0.671. The first kappa shape index (κ1) is 101. The van der Waals surface area contributed by atoms with E-state index in [1.54, 1.807) is 24.8 Å². The van der Waals surface area contributed by atoms with Crippen LogP contribution < -0.4 is 86.7 Å². The zero-order valence-electron chi connectivity index (χ0n) is 69.2. The largest absolute Gasteiger partial charge is 0.380 e. The molecule has 48 heteroatoms. The Morgan fingerprint density at radius 3 is 0.694 bits per heavy atom. The molecule has 0 spiro atoms. The number of hydrogen-bond donors (Lipinski definition) is 16. The lowest BCUT2D eigenvalue weighted by molar-refractivity contribution is -0.130. The van der Waals surface area contributed by atoms with Gasteiger partial charge in [0, 0.05) is 105 Å². The van der Waals surface area contributed by atoms with E-state index in [2.05, 4.69) is 105 Å². The monoisotopic (exact) mass is 1710 g/mol. The van der Waals surface area contributed by atoms with Gasteiger partial charge >= 0.3 is 0 Å². The van der Waals surface area contributed by atoms with Gasteiger partial charge in [0.2, 0.25) is 94.5 Å². The number of primary amides is 4. The Morgan fingerprint density at radius 2 is 0.504 bits per heavy atom. The Morgan fingerprint density at radius 1 is 0.306 bits per heavy atom. The van der Waals surface area contributed by atoms with Gasteiger partial charge in [-0.05, 0) is 77.0 Å². The van der Waals surface area contributed by atoms with Gasteiger partial charge in [-0.2, -0.15) is 0 Å². The molecule has 16 amide bonds. The summed E-state index contributed by atoms with van der Waals surface area (Å²) in [5, 5.41) is 64.8. The van der Waals surface area contributed by atoms with Crippen LogP contribution in [0.1, 0.15) is 179 Å². The van der Waals surface area contributed by atoms with Gasteiger partial charge in [-0.15, -0.1) is 20.4 Å². The van der Waals surface area contributed by atoms with E-state index < -0.39 is 76.8 Å². The number of nitrogens with two attached hydrogens (primary N) is 4. The number of ether oxygens (including phenoxy) is 4. The fourth-order valence-corrected chi connectivity index (χ4v) is 11.5. The lowest BCUT2D eigenvalue weighted by Crippen LogP contribution is -2.43. The van der Waals surface area contributed by atoms with Crippen LogP contribution in [-0.2, 0) is 148 Å². The average molecular weight is 1710 g/mol. The summed E-state index contributed by atoms with van der Waals surface area (Å²) in [5.74, 6) is -6.87. The van der Waals surface area contributed by atoms with Gasteiger partial charge in [0.05, 0.1) is 132 Å². The Bertz CT molecular complexity index is 3460. The summed E-state index contributed by atoms with van der Waals surface area (Å²) in [6, 6.07) is -3.22. The van der Waals surface area contributed by atoms with E-state index in [0.29, 0.717) is 126 Å². The second-order valence-electron chi connectivity index (χ2n) is 28.7. The second kappa shape index (κ2) is 57.9. The van der Waals surface area contributed by atoms with Crippen LogP contribution in [0.5, 0.6) is 0 Å². The number of hydrogen-bond acceptors (Lipinski definition) is 28. The number of carbonyl (C=O) groups is 16. The van der Waals surface area contributed by atoms with Crippen LogP contribution in [0.2, 0.25) is 0 Å². The molecule has 672 valence electrons. The smallest absolute Gasteiger partial charge is 0.239 e. The van der Waals surface area contributed by atoms with Crippen molar-refractivity contribution in [1.29, 1.82) is 0 Å². The fourth-order valence-electron chi connectivity index (χ4n) is 11.5. The van der Waals surface area contributed by atoms with Gasteiger partial charge in [0.25, 0.3) is 0 Å². The van der Waals surface area contributed by atoms with Crippen LogP contribution in [0.25, 0.3) is 0 Å². The van der Waals surface area contributed by atoms with Crippen LogP contribution in [0.3, 0.4) is 0 Å². The average Bonchev–Trinajstić information content (AvgIpc) is 1.74. The molecule has 4 aromatic heterocycles. The summed E-state index contributed by atoms with van der Waals surface area (Å²) in [7, 11) is 0. The molecule has 121 heavy (non-hydrogen) atoms. The summed E-state index contributed by atoms with van der Waals surface area (Å²) in [5.41, 5.74) is 22.1. The van der Waals surface area contributed by atoms with E-state index in [9.17, 15) is 76.7 Å². The lowest BCUT2D eigenvalue weighted by atomic mass is 9.92. The molecule has 0 saturated carbocycles. The topological polar surface area (TPSA) is 681 Å². The van der Waals surface area contributed by atoms with Crippen LogP contribution in [0, 0.1) is 5.41 Å². The zero-order valence-corrected chi connectivity index (χ0v) is 69.2. The van der Waals surface area contributed by atoms with E-state index in [-0.39, 0.29) is 204 Å². The molecule has 4 aromatic rings. The number of amides is 16. The molecule has 0 unspecified atom stereocenters. The predicted molar refractivity (Wildman–Crippen MR) is 425 cm³/mol. The van der Waals surface area contributed by atoms with Crippen LogP contribution in [-0.4, -0.2) is 258 Å². The van der Waals surface area contributed by atoms with Crippen molar-refractivity contribution in [3.05, 3.63) is 47.6 Å². The summed E-state index contributed by atoms with van der Waals surface area (Å²) in [6.07, 6.45) is 12.5. The van der Waals surface area contributed by atoms with E-state index in [1.165, 1.54) is 46.4 Å². The normalized spacial score (nSPS) is 12.1. The van der Waals surface area contributed by atoms with Crippen molar-refractivity contribution >= 4 is 94.5 Å². The van der Waals surface area contributed by atoms with Crippen molar-refractivity contribution in [3.8, 4) is 0 Å². The van der Waals surface area contributed by atoms with Gasteiger partial charge in [-0.25, -0.2) is 18.7 Å². The van der Waals surface area contributed by atoms with Crippen LogP contribution in [0.15, 0.2) is 24.8 Å². The van der Waals surface area contributed by atoms with Crippen molar-refractivity contribution in [2.45, 2.75) is 233 Å². The third-order valence-electron chi connectivity index (χ3n) is 17.9. The predicted octanol–water partition coefficient (Wildman–Crippen LogP) is -6.10. The number of rotatable bonds is 68. The minimum absolute atomic E-state index is 0.0838. The van der Waals surface area contributed by atoms with Crippen molar-refractivity contribution in [2.24, 2.45) is 28.3 Å². The molecule has 4 atom stereocenters. The zero-order chi connectivity index (χ0) is 88.7. The highest BCUT2D eigenvalue weighted by Crippen LogP contribution is 2.22. The number of carbonyl (C=O) groups excluding carboxylic acids is 16. The first-order valence-electron chi connectivity index (χ1n) is 40.1. The molecule has 0 aromatic carbocycles. The molecule has 48 nitrogen and oxygen atoms in total. The van der Waals surface area contributed by atoms with Crippen LogP contribution in [0.4, 0.5) is 0 Å². The van der Waals surface area contributed by atoms with Gasteiger partial charge in [0.1, 0.15) is 50.8 Å². The maximum atomic E-state index is 13.3. The number of unbranched alkanes of at least 4 members (excludes halogenated alkanes) is 4. The van der Waals surface area contributed by atoms with Crippen molar-refractivity contribution < 1.29 is 95.7 Å². The molecule has 4 rings (SSSR count). The van der Waals surface area contributed by atoms with E-state index in [1.807, 2.05) is 0 Å². The minimum Gasteiger partial charge on any atom is -0.380 e. The second-order valence-corrected chi connectivity index (χ2v) is 28.7. The maximum Gasteiger partial charge on any atom is 0.239 e. The molecule has 20 N–H and O–H groups in total.